The van der Waals surface area contributed by atoms with E-state index >= 15 is 0 Å². The molecular formula is C18H28N3O8P. The molecule has 4 N–H and O–H groups in total. The van der Waals surface area contributed by atoms with Gasteiger partial charge in [-0.25, -0.2) is 4.57 Å². The predicted molar refractivity (Wildman–Crippen MR) is 110 cm³/mol. The van der Waals surface area contributed by atoms with E-state index in [0.29, 0.717) is 18.5 Å². The second kappa shape index (κ2) is 11.8. The van der Waals surface area contributed by atoms with E-state index in [1.807, 2.05) is 20.8 Å². The van der Waals surface area contributed by atoms with Crippen LogP contribution in [0.2, 0.25) is 0 Å². The molecular weight excluding hydrogens is 417 g/mol. The van der Waals surface area contributed by atoms with Crippen LogP contribution in [0.4, 0.5) is 11.4 Å². The Hall–Kier alpha value is -2.33. The summed E-state index contributed by atoms with van der Waals surface area (Å²) in [4.78, 5) is 53.5. The number of nitro groups is 1. The standard InChI is InChI=1S/C18H28N3O8P/c1-4-5-6-16(29-30(26,27)28)18(23)20-15(11-12(2)3)17(22)19-13-7-9-14(10-8-13)21(24)25/h7-10,12,15-16H,4-6,11H2,1-3H3,(H,19,22)(H,20,23)(H2,26,27,28). The van der Waals surface area contributed by atoms with E-state index in [9.17, 15) is 24.3 Å². The van der Waals surface area contributed by atoms with Crippen LogP contribution < -0.4 is 10.6 Å². The summed E-state index contributed by atoms with van der Waals surface area (Å²) in [5, 5.41) is 15.8. The number of nitrogens with one attached hydrogen (secondary N) is 2. The third kappa shape index (κ3) is 9.45. The molecule has 0 aliphatic heterocycles. The van der Waals surface area contributed by atoms with Gasteiger partial charge in [0.1, 0.15) is 12.1 Å². The molecule has 1 aromatic rings. The van der Waals surface area contributed by atoms with Crippen LogP contribution in [0.1, 0.15) is 46.5 Å². The van der Waals surface area contributed by atoms with Gasteiger partial charge in [-0.3, -0.25) is 24.2 Å². The van der Waals surface area contributed by atoms with E-state index in [-0.39, 0.29) is 24.4 Å². The molecule has 0 bridgehead atoms. The Labute approximate surface area is 174 Å². The van der Waals surface area contributed by atoms with Gasteiger partial charge < -0.3 is 20.4 Å². The topological polar surface area (TPSA) is 168 Å². The van der Waals surface area contributed by atoms with Gasteiger partial charge in [0.25, 0.3) is 5.69 Å². The van der Waals surface area contributed by atoms with Gasteiger partial charge in [0.05, 0.1) is 4.92 Å². The van der Waals surface area contributed by atoms with E-state index in [0.717, 1.165) is 0 Å². The predicted octanol–water partition coefficient (Wildman–Crippen LogP) is 2.73. The molecule has 12 heteroatoms. The zero-order valence-corrected chi connectivity index (χ0v) is 18.0. The fourth-order valence-corrected chi connectivity index (χ4v) is 3.18. The largest absolute Gasteiger partial charge is 0.470 e. The molecule has 0 heterocycles. The minimum atomic E-state index is -4.89. The van der Waals surface area contributed by atoms with E-state index in [1.165, 1.54) is 24.3 Å². The van der Waals surface area contributed by atoms with Crippen LogP contribution >= 0.6 is 7.82 Å². The number of phosphoric ester groups is 1. The number of carbonyl (C=O) groups excluding carboxylic acids is 2. The molecule has 2 unspecified atom stereocenters. The summed E-state index contributed by atoms with van der Waals surface area (Å²) in [5.41, 5.74) is 0.177. The first-order valence-electron chi connectivity index (χ1n) is 9.52. The van der Waals surface area contributed by atoms with E-state index < -0.39 is 36.7 Å². The first kappa shape index (κ1) is 25.7. The van der Waals surface area contributed by atoms with Gasteiger partial charge in [-0.05, 0) is 30.9 Å². The average Bonchev–Trinajstić information content (AvgIpc) is 2.63. The number of hydrogen-bond donors (Lipinski definition) is 4. The number of hydrogen-bond acceptors (Lipinski definition) is 6. The van der Waals surface area contributed by atoms with Gasteiger partial charge in [0.2, 0.25) is 11.8 Å². The maximum Gasteiger partial charge on any atom is 0.470 e. The Balaban J connectivity index is 2.92. The molecule has 30 heavy (non-hydrogen) atoms. The lowest BCUT2D eigenvalue weighted by atomic mass is 10.0. The number of benzene rings is 1. The number of phosphoric acid groups is 1. The molecule has 2 amide bonds. The lowest BCUT2D eigenvalue weighted by Crippen LogP contribution is -2.48. The molecule has 1 rings (SSSR count). The van der Waals surface area contributed by atoms with Crippen molar-refractivity contribution in [2.75, 3.05) is 5.32 Å². The van der Waals surface area contributed by atoms with Crippen molar-refractivity contribution in [2.45, 2.75) is 58.6 Å². The van der Waals surface area contributed by atoms with Gasteiger partial charge in [-0.15, -0.1) is 0 Å². The van der Waals surface area contributed by atoms with E-state index in [2.05, 4.69) is 15.2 Å². The second-order valence-corrected chi connectivity index (χ2v) is 8.40. The summed E-state index contributed by atoms with van der Waals surface area (Å²) < 4.78 is 15.8. The zero-order valence-electron chi connectivity index (χ0n) is 17.1. The van der Waals surface area contributed by atoms with Crippen LogP contribution in [0.3, 0.4) is 0 Å². The van der Waals surface area contributed by atoms with Crippen molar-refractivity contribution < 1.29 is 33.4 Å². The number of carbonyl (C=O) groups is 2. The van der Waals surface area contributed by atoms with Crippen molar-refractivity contribution in [3.63, 3.8) is 0 Å². The summed E-state index contributed by atoms with van der Waals surface area (Å²) in [6.45, 7) is 5.55. The van der Waals surface area contributed by atoms with Crippen molar-refractivity contribution in [1.29, 1.82) is 0 Å². The lowest BCUT2D eigenvalue weighted by molar-refractivity contribution is -0.384. The average molecular weight is 445 g/mol. The van der Waals surface area contributed by atoms with E-state index in [1.54, 1.807) is 0 Å². The minimum Gasteiger partial charge on any atom is -0.342 e. The van der Waals surface area contributed by atoms with Crippen molar-refractivity contribution in [2.24, 2.45) is 5.92 Å². The first-order valence-corrected chi connectivity index (χ1v) is 11.1. The molecule has 168 valence electrons. The quantitative estimate of drug-likeness (QED) is 0.216. The lowest BCUT2D eigenvalue weighted by Gasteiger charge is -2.24. The minimum absolute atomic E-state index is 0.0229. The van der Waals surface area contributed by atoms with Crippen LogP contribution in [-0.4, -0.2) is 38.7 Å². The summed E-state index contributed by atoms with van der Waals surface area (Å²) in [6.07, 6.45) is 0.145. The Morgan fingerprint density at radius 2 is 1.80 bits per heavy atom. The SMILES string of the molecule is CCCCC(OP(=O)(O)O)C(=O)NC(CC(C)C)C(=O)Nc1ccc([N+](=O)[O-])cc1. The molecule has 0 spiro atoms. The van der Waals surface area contributed by atoms with Crippen molar-refractivity contribution >= 4 is 31.0 Å². The highest BCUT2D eigenvalue weighted by atomic mass is 31.2. The fourth-order valence-electron chi connectivity index (χ4n) is 2.65. The molecule has 0 radical (unpaired) electrons. The van der Waals surface area contributed by atoms with Crippen LogP contribution in [0.25, 0.3) is 0 Å². The number of rotatable bonds is 12. The molecule has 0 aliphatic carbocycles. The van der Waals surface area contributed by atoms with Gasteiger partial charge in [0, 0.05) is 17.8 Å². The zero-order chi connectivity index (χ0) is 22.9. The number of unbranched alkanes of at least 4 members (excludes halogenated alkanes) is 1. The van der Waals surface area contributed by atoms with Gasteiger partial charge >= 0.3 is 7.82 Å². The molecule has 0 fully saturated rings. The monoisotopic (exact) mass is 445 g/mol. The molecule has 0 saturated heterocycles. The summed E-state index contributed by atoms with van der Waals surface area (Å²) in [5.74, 6) is -1.33. The van der Waals surface area contributed by atoms with Crippen LogP contribution in [0.5, 0.6) is 0 Å². The van der Waals surface area contributed by atoms with Gasteiger partial charge in [-0.2, -0.15) is 0 Å². The fraction of sp³-hybridized carbons (Fsp3) is 0.556. The maximum atomic E-state index is 12.7. The highest BCUT2D eigenvalue weighted by Crippen LogP contribution is 2.38. The summed E-state index contributed by atoms with van der Waals surface area (Å²) >= 11 is 0. The number of amides is 2. The van der Waals surface area contributed by atoms with Crippen LogP contribution in [0, 0.1) is 16.0 Å². The summed E-state index contributed by atoms with van der Waals surface area (Å²) in [7, 11) is -4.89. The number of nitro benzene ring substituents is 1. The number of nitrogens with zero attached hydrogens (tertiary/aromatic N) is 1. The van der Waals surface area contributed by atoms with Crippen molar-refractivity contribution in [3.8, 4) is 0 Å². The van der Waals surface area contributed by atoms with Crippen molar-refractivity contribution in [1.82, 2.24) is 5.32 Å². The highest BCUT2D eigenvalue weighted by molar-refractivity contribution is 7.46. The second-order valence-electron chi connectivity index (χ2n) is 7.21. The van der Waals surface area contributed by atoms with Gasteiger partial charge in [0.15, 0.2) is 0 Å². The highest BCUT2D eigenvalue weighted by Gasteiger charge is 2.31. The molecule has 0 aromatic heterocycles. The normalized spacial score (nSPS) is 13.5. The van der Waals surface area contributed by atoms with Crippen molar-refractivity contribution in [3.05, 3.63) is 34.4 Å². The smallest absolute Gasteiger partial charge is 0.342 e. The maximum absolute atomic E-state index is 12.7. The Morgan fingerprint density at radius 3 is 2.27 bits per heavy atom. The molecule has 0 saturated carbocycles. The number of anilines is 1. The summed E-state index contributed by atoms with van der Waals surface area (Å²) in [6, 6.07) is 4.22. The van der Waals surface area contributed by atoms with Crippen LogP contribution in [0.15, 0.2) is 24.3 Å². The molecule has 11 nitrogen and oxygen atoms in total. The number of non-ortho nitro benzene ring substituents is 1. The molecule has 1 aromatic carbocycles. The Kier molecular flexibility index (Phi) is 10.1. The molecule has 0 aliphatic rings. The Morgan fingerprint density at radius 1 is 1.20 bits per heavy atom. The third-order valence-electron chi connectivity index (χ3n) is 4.06. The Bertz CT molecular complexity index is 778. The first-order chi connectivity index (χ1) is 13.9. The van der Waals surface area contributed by atoms with Crippen LogP contribution in [-0.2, 0) is 18.7 Å². The van der Waals surface area contributed by atoms with Gasteiger partial charge in [-0.1, -0.05) is 33.6 Å². The molecule has 2 atom stereocenters. The third-order valence-corrected chi connectivity index (χ3v) is 4.59. The van der Waals surface area contributed by atoms with E-state index in [4.69, 9.17) is 9.79 Å².